The minimum atomic E-state index is -0.202. The summed E-state index contributed by atoms with van der Waals surface area (Å²) in [5, 5.41) is 0. The molecule has 2 unspecified atom stereocenters. The molecule has 0 aromatic heterocycles. The van der Waals surface area contributed by atoms with Gasteiger partial charge in [-0.05, 0) is 56.3 Å². The average molecular weight is 264 g/mol. The lowest BCUT2D eigenvalue weighted by Crippen LogP contribution is -2.42. The maximum absolute atomic E-state index is 13.0. The van der Waals surface area contributed by atoms with Gasteiger partial charge in [-0.3, -0.25) is 4.90 Å². The molecule has 2 nitrogen and oxygen atoms in total. The number of hydrogen-bond acceptors (Lipinski definition) is 2. The van der Waals surface area contributed by atoms with E-state index < -0.39 is 0 Å². The van der Waals surface area contributed by atoms with Crippen LogP contribution >= 0.6 is 0 Å². The van der Waals surface area contributed by atoms with Crippen molar-refractivity contribution in [1.82, 2.24) is 4.90 Å². The van der Waals surface area contributed by atoms with Crippen LogP contribution in [0.4, 0.5) is 4.39 Å². The molecule has 0 bridgehead atoms. The molecule has 0 saturated heterocycles. The molecule has 1 fully saturated rings. The van der Waals surface area contributed by atoms with E-state index in [0.29, 0.717) is 6.04 Å². The zero-order valence-electron chi connectivity index (χ0n) is 12.0. The monoisotopic (exact) mass is 264 g/mol. The summed E-state index contributed by atoms with van der Waals surface area (Å²) in [6.45, 7) is 6.64. The fourth-order valence-electron chi connectivity index (χ4n) is 2.57. The van der Waals surface area contributed by atoms with E-state index >= 15 is 0 Å². The summed E-state index contributed by atoms with van der Waals surface area (Å²) >= 11 is 0. The SMILES string of the molecule is CCCN(CC1CC1)C(C)C(N)c1ccc(F)cc1. The molecule has 2 N–H and O–H groups in total. The molecule has 0 heterocycles. The number of nitrogens with zero attached hydrogens (tertiary/aromatic N) is 1. The van der Waals surface area contributed by atoms with Gasteiger partial charge in [0.1, 0.15) is 5.82 Å². The Morgan fingerprint density at radius 2 is 1.95 bits per heavy atom. The predicted octanol–water partition coefficient (Wildman–Crippen LogP) is 3.34. The highest BCUT2D eigenvalue weighted by Crippen LogP contribution is 2.31. The number of nitrogens with two attached hydrogens (primary N) is 1. The quantitative estimate of drug-likeness (QED) is 0.818. The lowest BCUT2D eigenvalue weighted by Gasteiger charge is -2.33. The van der Waals surface area contributed by atoms with E-state index in [2.05, 4.69) is 18.7 Å². The van der Waals surface area contributed by atoms with Gasteiger partial charge in [0.05, 0.1) is 0 Å². The standard InChI is InChI=1S/C16H25FN2/c1-3-10-19(11-13-4-5-13)12(2)16(18)14-6-8-15(17)9-7-14/h6-9,12-13,16H,3-5,10-11,18H2,1-2H3. The Kier molecular flexibility index (Phi) is 4.94. The van der Waals surface area contributed by atoms with Crippen molar-refractivity contribution in [2.45, 2.75) is 45.2 Å². The van der Waals surface area contributed by atoms with Crippen molar-refractivity contribution in [3.63, 3.8) is 0 Å². The molecular weight excluding hydrogens is 239 g/mol. The van der Waals surface area contributed by atoms with E-state index in [-0.39, 0.29) is 11.9 Å². The van der Waals surface area contributed by atoms with Crippen LogP contribution in [0.25, 0.3) is 0 Å². The molecule has 1 aromatic carbocycles. The highest BCUT2D eigenvalue weighted by Gasteiger charge is 2.28. The minimum absolute atomic E-state index is 0.0501. The van der Waals surface area contributed by atoms with Gasteiger partial charge in [0.15, 0.2) is 0 Å². The molecule has 1 aliphatic carbocycles. The van der Waals surface area contributed by atoms with Crippen LogP contribution in [0, 0.1) is 11.7 Å². The smallest absolute Gasteiger partial charge is 0.123 e. The third-order valence-electron chi connectivity index (χ3n) is 4.05. The van der Waals surface area contributed by atoms with Gasteiger partial charge in [0.25, 0.3) is 0 Å². The first kappa shape index (κ1) is 14.5. The first-order valence-electron chi connectivity index (χ1n) is 7.37. The van der Waals surface area contributed by atoms with Crippen LogP contribution in [0.15, 0.2) is 24.3 Å². The summed E-state index contributed by atoms with van der Waals surface area (Å²) < 4.78 is 13.0. The first-order chi connectivity index (χ1) is 9.11. The normalized spacial score (nSPS) is 18.6. The maximum atomic E-state index is 13.0. The number of benzene rings is 1. The Hall–Kier alpha value is -0.930. The van der Waals surface area contributed by atoms with Crippen LogP contribution in [0.5, 0.6) is 0 Å². The van der Waals surface area contributed by atoms with Gasteiger partial charge in [0.2, 0.25) is 0 Å². The van der Waals surface area contributed by atoms with Crippen molar-refractivity contribution in [3.8, 4) is 0 Å². The van der Waals surface area contributed by atoms with Crippen LogP contribution < -0.4 is 5.73 Å². The summed E-state index contributed by atoms with van der Waals surface area (Å²) in [5.74, 6) is 0.668. The molecule has 1 aromatic rings. The zero-order valence-corrected chi connectivity index (χ0v) is 12.0. The van der Waals surface area contributed by atoms with Gasteiger partial charge in [-0.2, -0.15) is 0 Å². The lowest BCUT2D eigenvalue weighted by molar-refractivity contribution is 0.176. The van der Waals surface area contributed by atoms with Crippen LogP contribution in [0.1, 0.15) is 44.7 Å². The van der Waals surface area contributed by atoms with Gasteiger partial charge in [-0.15, -0.1) is 0 Å². The second kappa shape index (κ2) is 6.49. The maximum Gasteiger partial charge on any atom is 0.123 e. The van der Waals surface area contributed by atoms with Crippen molar-refractivity contribution < 1.29 is 4.39 Å². The molecular formula is C16H25FN2. The average Bonchev–Trinajstić information content (AvgIpc) is 3.21. The number of halogens is 1. The molecule has 1 saturated carbocycles. The summed E-state index contributed by atoms with van der Waals surface area (Å²) in [5.41, 5.74) is 7.37. The van der Waals surface area contributed by atoms with E-state index in [0.717, 1.165) is 31.0 Å². The Balaban J connectivity index is 2.01. The van der Waals surface area contributed by atoms with Crippen LogP contribution in [0.3, 0.4) is 0 Å². The van der Waals surface area contributed by atoms with Gasteiger partial charge in [0, 0.05) is 18.6 Å². The Labute approximate surface area is 115 Å². The zero-order chi connectivity index (χ0) is 13.8. The molecule has 2 rings (SSSR count). The molecule has 3 heteroatoms. The molecule has 0 aliphatic heterocycles. The van der Waals surface area contributed by atoms with E-state index in [9.17, 15) is 4.39 Å². The topological polar surface area (TPSA) is 29.3 Å². The van der Waals surface area contributed by atoms with Crippen molar-refractivity contribution in [2.24, 2.45) is 11.7 Å². The van der Waals surface area contributed by atoms with Crippen LogP contribution in [0.2, 0.25) is 0 Å². The molecule has 106 valence electrons. The van der Waals surface area contributed by atoms with E-state index in [4.69, 9.17) is 5.73 Å². The van der Waals surface area contributed by atoms with Crippen molar-refractivity contribution in [2.75, 3.05) is 13.1 Å². The summed E-state index contributed by atoms with van der Waals surface area (Å²) in [6.07, 6.45) is 3.87. The second-order valence-electron chi connectivity index (χ2n) is 5.76. The van der Waals surface area contributed by atoms with E-state index in [1.807, 2.05) is 0 Å². The van der Waals surface area contributed by atoms with E-state index in [1.165, 1.54) is 25.0 Å². The van der Waals surface area contributed by atoms with Gasteiger partial charge >= 0.3 is 0 Å². The molecule has 1 aliphatic rings. The molecule has 2 atom stereocenters. The van der Waals surface area contributed by atoms with E-state index in [1.54, 1.807) is 12.1 Å². The largest absolute Gasteiger partial charge is 0.323 e. The fraction of sp³-hybridized carbons (Fsp3) is 0.625. The van der Waals surface area contributed by atoms with Gasteiger partial charge in [-0.1, -0.05) is 19.1 Å². The van der Waals surface area contributed by atoms with Crippen molar-refractivity contribution >= 4 is 0 Å². The number of rotatable bonds is 7. The van der Waals surface area contributed by atoms with Crippen molar-refractivity contribution in [1.29, 1.82) is 0 Å². The highest BCUT2D eigenvalue weighted by atomic mass is 19.1. The summed E-state index contributed by atoms with van der Waals surface area (Å²) in [6, 6.07) is 6.84. The van der Waals surface area contributed by atoms with Crippen molar-refractivity contribution in [3.05, 3.63) is 35.6 Å². The molecule has 0 spiro atoms. The summed E-state index contributed by atoms with van der Waals surface area (Å²) in [7, 11) is 0. The first-order valence-corrected chi connectivity index (χ1v) is 7.37. The van der Waals surface area contributed by atoms with Crippen LogP contribution in [-0.2, 0) is 0 Å². The lowest BCUT2D eigenvalue weighted by atomic mass is 9.99. The predicted molar refractivity (Wildman–Crippen MR) is 77.4 cm³/mol. The molecule has 0 amide bonds. The highest BCUT2D eigenvalue weighted by molar-refractivity contribution is 5.21. The third-order valence-corrected chi connectivity index (χ3v) is 4.05. The summed E-state index contributed by atoms with van der Waals surface area (Å²) in [4.78, 5) is 2.49. The van der Waals surface area contributed by atoms with Gasteiger partial charge < -0.3 is 5.73 Å². The Bertz CT molecular complexity index is 386. The fourth-order valence-corrected chi connectivity index (χ4v) is 2.57. The third kappa shape index (κ3) is 4.02. The number of hydrogen-bond donors (Lipinski definition) is 1. The van der Waals surface area contributed by atoms with Crippen LogP contribution in [-0.4, -0.2) is 24.0 Å². The Morgan fingerprint density at radius 1 is 1.32 bits per heavy atom. The van der Waals surface area contributed by atoms with Gasteiger partial charge in [-0.25, -0.2) is 4.39 Å². The molecule has 19 heavy (non-hydrogen) atoms. The second-order valence-corrected chi connectivity index (χ2v) is 5.76. The molecule has 0 radical (unpaired) electrons. The Morgan fingerprint density at radius 3 is 2.47 bits per heavy atom. The minimum Gasteiger partial charge on any atom is -0.323 e.